The third-order valence-electron chi connectivity index (χ3n) is 5.99. The van der Waals surface area contributed by atoms with Crippen LogP contribution in [0.5, 0.6) is 0 Å². The Morgan fingerprint density at radius 1 is 1.32 bits per heavy atom. The maximum Gasteiger partial charge on any atom is 0.329 e. The lowest BCUT2D eigenvalue weighted by Gasteiger charge is -2.26. The number of morpholine rings is 1. The molecule has 176 valence electrons. The van der Waals surface area contributed by atoms with Crippen LogP contribution in [0.25, 0.3) is 5.65 Å². The molecule has 1 aromatic carbocycles. The van der Waals surface area contributed by atoms with Crippen LogP contribution in [0.3, 0.4) is 0 Å². The molecule has 5 rings (SSSR count). The second-order valence-electron chi connectivity index (χ2n) is 8.19. The largest absolute Gasteiger partial charge is 0.459 e. The highest BCUT2D eigenvalue weighted by atomic mass is 79.9. The van der Waals surface area contributed by atoms with Crippen LogP contribution in [0, 0.1) is 6.92 Å². The van der Waals surface area contributed by atoms with E-state index in [2.05, 4.69) is 26.0 Å². The van der Waals surface area contributed by atoms with E-state index in [9.17, 15) is 18.0 Å². The first-order chi connectivity index (χ1) is 16.1. The van der Waals surface area contributed by atoms with Crippen molar-refractivity contribution in [1.29, 1.82) is 0 Å². The number of sulfonamides is 1. The summed E-state index contributed by atoms with van der Waals surface area (Å²) in [6.07, 6.45) is 4.97. The topological polar surface area (TPSA) is 114 Å². The molecule has 1 amide bonds. The van der Waals surface area contributed by atoms with E-state index in [1.54, 1.807) is 35.9 Å². The average Bonchev–Trinajstić information content (AvgIpc) is 3.50. The van der Waals surface area contributed by atoms with Crippen molar-refractivity contribution >= 4 is 49.7 Å². The second kappa shape index (κ2) is 8.20. The van der Waals surface area contributed by atoms with Crippen LogP contribution < -0.4 is 0 Å². The summed E-state index contributed by atoms with van der Waals surface area (Å²) in [4.78, 5) is 30.6. The average molecular weight is 546 g/mol. The van der Waals surface area contributed by atoms with Gasteiger partial charge in [-0.25, -0.2) is 9.78 Å². The predicted molar refractivity (Wildman–Crippen MR) is 126 cm³/mol. The van der Waals surface area contributed by atoms with Crippen molar-refractivity contribution < 1.29 is 22.7 Å². The minimum atomic E-state index is -4.05. The molecule has 0 saturated carbocycles. The highest BCUT2D eigenvalue weighted by Crippen LogP contribution is 2.31. The molecule has 0 N–H and O–H groups in total. The van der Waals surface area contributed by atoms with Crippen LogP contribution in [0.4, 0.5) is 0 Å². The number of benzene rings is 1. The molecule has 3 aromatic rings. The van der Waals surface area contributed by atoms with Gasteiger partial charge in [-0.2, -0.15) is 17.9 Å². The monoisotopic (exact) mass is 545 g/mol. The van der Waals surface area contributed by atoms with Crippen LogP contribution in [0.1, 0.15) is 28.0 Å². The molecule has 0 spiro atoms. The molecule has 2 bridgehead atoms. The molecule has 0 aliphatic carbocycles. The molecular weight excluding hydrogens is 526 g/mol. The van der Waals surface area contributed by atoms with Gasteiger partial charge in [0.05, 0.1) is 29.5 Å². The first-order valence-corrected chi connectivity index (χ1v) is 12.7. The summed E-state index contributed by atoms with van der Waals surface area (Å²) in [5, 5.41) is 4.12. The van der Waals surface area contributed by atoms with Gasteiger partial charge in [-0.3, -0.25) is 9.20 Å². The number of esters is 1. The minimum Gasteiger partial charge on any atom is -0.459 e. The van der Waals surface area contributed by atoms with E-state index in [0.717, 1.165) is 8.89 Å². The van der Waals surface area contributed by atoms with E-state index < -0.39 is 27.9 Å². The van der Waals surface area contributed by atoms with Crippen molar-refractivity contribution in [2.24, 2.45) is 5.10 Å². The van der Waals surface area contributed by atoms with Crippen molar-refractivity contribution in [3.05, 3.63) is 64.0 Å². The van der Waals surface area contributed by atoms with Gasteiger partial charge in [0.25, 0.3) is 15.9 Å². The van der Waals surface area contributed by atoms with Crippen LogP contribution in [-0.4, -0.2) is 70.9 Å². The van der Waals surface area contributed by atoms with E-state index in [1.807, 2.05) is 12.1 Å². The number of carbonyl (C=O) groups is 2. The van der Waals surface area contributed by atoms with Gasteiger partial charge in [0, 0.05) is 29.7 Å². The molecule has 2 aliphatic heterocycles. The Balaban J connectivity index is 1.42. The first-order valence-electron chi connectivity index (χ1n) is 10.4. The summed E-state index contributed by atoms with van der Waals surface area (Å²) in [5.74, 6) is -0.818. The number of hydrogen-bond acceptors (Lipinski definition) is 7. The predicted octanol–water partition coefficient (Wildman–Crippen LogP) is 2.20. The number of fused-ring (bicyclic) bond motifs is 3. The Kier molecular flexibility index (Phi) is 5.44. The Morgan fingerprint density at radius 3 is 2.85 bits per heavy atom. The first kappa shape index (κ1) is 22.5. The number of nitrogens with zero attached hydrogens (tertiary/aromatic N) is 5. The van der Waals surface area contributed by atoms with Gasteiger partial charge in [-0.05, 0) is 52.7 Å². The number of pyridine rings is 1. The fourth-order valence-electron chi connectivity index (χ4n) is 4.16. The fraction of sp³-hybridized carbons (Fsp3) is 0.273. The second-order valence-corrected chi connectivity index (χ2v) is 11.0. The van der Waals surface area contributed by atoms with Crippen LogP contribution in [-0.2, 0) is 19.6 Å². The standard InChI is InChI=1S/C22H20BrN5O5S/c1-13-3-4-14(21(29)28-12-17-8-18(28)22(30)33-17)7-19(13)34(31,32)26(2)25-10-16-9-24-20-6-5-15(23)11-27(16)20/h3-7,9-11,17-18H,8,12H2,1-2H3/b25-10+/t17-,18-/m1/s1. The van der Waals surface area contributed by atoms with Crippen molar-refractivity contribution in [2.75, 3.05) is 13.6 Å². The van der Waals surface area contributed by atoms with Crippen LogP contribution >= 0.6 is 15.9 Å². The summed E-state index contributed by atoms with van der Waals surface area (Å²) in [5.41, 5.74) is 1.94. The maximum atomic E-state index is 13.3. The fourth-order valence-corrected chi connectivity index (χ4v) is 5.71. The van der Waals surface area contributed by atoms with Crippen LogP contribution in [0.15, 0.2) is 57.2 Å². The number of hydrazone groups is 1. The zero-order valence-electron chi connectivity index (χ0n) is 18.3. The molecule has 2 aromatic heterocycles. The SMILES string of the molecule is Cc1ccc(C(=O)N2C[C@H]3C[C@@H]2C(=O)O3)cc1S(=O)(=O)N(C)/N=C/c1cnc2ccc(Br)cn12. The number of aryl methyl sites for hydroxylation is 1. The van der Waals surface area contributed by atoms with Gasteiger partial charge in [0.15, 0.2) is 0 Å². The molecule has 34 heavy (non-hydrogen) atoms. The number of aromatic nitrogens is 2. The van der Waals surface area contributed by atoms with E-state index in [4.69, 9.17) is 4.74 Å². The van der Waals surface area contributed by atoms with Crippen molar-refractivity contribution in [2.45, 2.75) is 30.4 Å². The maximum absolute atomic E-state index is 13.3. The molecular formula is C22H20BrN5O5S. The third kappa shape index (κ3) is 3.76. The Morgan fingerprint density at radius 2 is 2.12 bits per heavy atom. The number of likely N-dealkylation sites (tertiary alicyclic amines) is 1. The number of rotatable bonds is 5. The number of carbonyl (C=O) groups excluding carboxylic acids is 2. The third-order valence-corrected chi connectivity index (χ3v) is 8.24. The molecule has 0 radical (unpaired) electrons. The Labute approximate surface area is 204 Å². The lowest BCUT2D eigenvalue weighted by Crippen LogP contribution is -2.44. The van der Waals surface area contributed by atoms with E-state index in [1.165, 1.54) is 24.2 Å². The van der Waals surface area contributed by atoms with Gasteiger partial charge in [-0.15, -0.1) is 0 Å². The zero-order valence-corrected chi connectivity index (χ0v) is 20.7. The Hall–Kier alpha value is -3.25. The van der Waals surface area contributed by atoms with Crippen LogP contribution in [0.2, 0.25) is 0 Å². The molecule has 2 atom stereocenters. The van der Waals surface area contributed by atoms with Gasteiger partial charge in [0.2, 0.25) is 0 Å². The zero-order chi connectivity index (χ0) is 24.2. The van der Waals surface area contributed by atoms with E-state index in [-0.39, 0.29) is 16.6 Å². The van der Waals surface area contributed by atoms with Gasteiger partial charge >= 0.3 is 5.97 Å². The number of amides is 1. The molecule has 0 unspecified atom stereocenters. The summed E-state index contributed by atoms with van der Waals surface area (Å²) in [6, 6.07) is 7.53. The van der Waals surface area contributed by atoms with Crippen molar-refractivity contribution in [3.8, 4) is 0 Å². The van der Waals surface area contributed by atoms with E-state index >= 15 is 0 Å². The molecule has 2 aliphatic rings. The summed E-state index contributed by atoms with van der Waals surface area (Å²) >= 11 is 3.40. The molecule has 2 saturated heterocycles. The molecule has 4 heterocycles. The highest BCUT2D eigenvalue weighted by molar-refractivity contribution is 9.10. The lowest BCUT2D eigenvalue weighted by molar-refractivity contribution is -0.149. The summed E-state index contributed by atoms with van der Waals surface area (Å²) in [7, 11) is -2.72. The number of ether oxygens (including phenoxy) is 1. The van der Waals surface area contributed by atoms with Crippen molar-refractivity contribution in [1.82, 2.24) is 18.7 Å². The van der Waals surface area contributed by atoms with Crippen molar-refractivity contribution in [3.63, 3.8) is 0 Å². The quantitative estimate of drug-likeness (QED) is 0.276. The molecule has 10 nitrogen and oxygen atoms in total. The summed E-state index contributed by atoms with van der Waals surface area (Å²) in [6.45, 7) is 1.96. The number of imidazole rings is 1. The van der Waals surface area contributed by atoms with Gasteiger partial charge < -0.3 is 9.64 Å². The number of halogens is 1. The smallest absolute Gasteiger partial charge is 0.329 e. The van der Waals surface area contributed by atoms with E-state index in [0.29, 0.717) is 29.9 Å². The lowest BCUT2D eigenvalue weighted by atomic mass is 10.1. The van der Waals surface area contributed by atoms with Gasteiger partial charge in [0.1, 0.15) is 17.8 Å². The van der Waals surface area contributed by atoms with Gasteiger partial charge in [-0.1, -0.05) is 6.07 Å². The summed E-state index contributed by atoms with van der Waals surface area (Å²) < 4.78 is 35.2. The Bertz CT molecular complexity index is 1470. The number of hydrogen-bond donors (Lipinski definition) is 0. The highest BCUT2D eigenvalue weighted by Gasteiger charge is 2.48. The molecule has 12 heteroatoms. The normalized spacial score (nSPS) is 19.9. The minimum absolute atomic E-state index is 0.0363. The molecule has 2 fully saturated rings.